The third-order valence-electron chi connectivity index (χ3n) is 4.64. The predicted molar refractivity (Wildman–Crippen MR) is 93.9 cm³/mol. The average Bonchev–Trinajstić information content (AvgIpc) is 2.78. The number of nitrogens with two attached hydrogens (primary N) is 1. The second-order valence-electron chi connectivity index (χ2n) is 7.09. The SMILES string of the molecule is CCOc1ccc(-c2cc3c(cc2F)C(OC(N)=O)C(C)(C)C3)cc1F. The zero-order valence-electron chi connectivity index (χ0n) is 14.9. The zero-order valence-corrected chi connectivity index (χ0v) is 14.9. The van der Waals surface area contributed by atoms with Gasteiger partial charge in [-0.3, -0.25) is 0 Å². The van der Waals surface area contributed by atoms with Crippen LogP contribution < -0.4 is 10.5 Å². The van der Waals surface area contributed by atoms with Gasteiger partial charge in [0.25, 0.3) is 0 Å². The molecule has 138 valence electrons. The smallest absolute Gasteiger partial charge is 0.405 e. The third kappa shape index (κ3) is 3.23. The van der Waals surface area contributed by atoms with Crippen molar-refractivity contribution in [1.82, 2.24) is 0 Å². The Morgan fingerprint density at radius 3 is 2.58 bits per heavy atom. The van der Waals surface area contributed by atoms with E-state index in [-0.39, 0.29) is 5.75 Å². The molecule has 4 nitrogen and oxygen atoms in total. The molecule has 2 aromatic carbocycles. The van der Waals surface area contributed by atoms with Crippen molar-refractivity contribution < 1.29 is 23.0 Å². The monoisotopic (exact) mass is 361 g/mol. The van der Waals surface area contributed by atoms with Crippen molar-refractivity contribution in [3.8, 4) is 16.9 Å². The summed E-state index contributed by atoms with van der Waals surface area (Å²) < 4.78 is 39.3. The van der Waals surface area contributed by atoms with Gasteiger partial charge in [-0.25, -0.2) is 13.6 Å². The Labute approximate surface area is 150 Å². The molecule has 26 heavy (non-hydrogen) atoms. The van der Waals surface area contributed by atoms with Crippen molar-refractivity contribution in [2.75, 3.05) is 6.61 Å². The fourth-order valence-corrected chi connectivity index (χ4v) is 3.54. The van der Waals surface area contributed by atoms with Crippen molar-refractivity contribution in [2.45, 2.75) is 33.3 Å². The van der Waals surface area contributed by atoms with Crippen LogP contribution in [0, 0.1) is 17.0 Å². The summed E-state index contributed by atoms with van der Waals surface area (Å²) in [4.78, 5) is 11.2. The lowest BCUT2D eigenvalue weighted by atomic mass is 9.87. The highest BCUT2D eigenvalue weighted by atomic mass is 19.1. The second-order valence-corrected chi connectivity index (χ2v) is 7.09. The van der Waals surface area contributed by atoms with Crippen molar-refractivity contribution >= 4 is 6.09 Å². The van der Waals surface area contributed by atoms with E-state index in [0.717, 1.165) is 5.56 Å². The summed E-state index contributed by atoms with van der Waals surface area (Å²) in [6.07, 6.45) is -0.919. The van der Waals surface area contributed by atoms with Crippen LogP contribution in [0.15, 0.2) is 30.3 Å². The van der Waals surface area contributed by atoms with Crippen LogP contribution in [0.5, 0.6) is 5.75 Å². The fraction of sp³-hybridized carbons (Fsp3) is 0.350. The summed E-state index contributed by atoms with van der Waals surface area (Å²) in [5.74, 6) is -0.920. The highest BCUT2D eigenvalue weighted by Crippen LogP contribution is 2.49. The van der Waals surface area contributed by atoms with Gasteiger partial charge in [-0.15, -0.1) is 0 Å². The van der Waals surface area contributed by atoms with Crippen LogP contribution in [0.1, 0.15) is 38.0 Å². The summed E-state index contributed by atoms with van der Waals surface area (Å²) in [6, 6.07) is 7.40. The van der Waals surface area contributed by atoms with Crippen LogP contribution in [0.4, 0.5) is 13.6 Å². The Hall–Kier alpha value is -2.63. The topological polar surface area (TPSA) is 61.6 Å². The molecule has 0 fully saturated rings. The Morgan fingerprint density at radius 1 is 1.23 bits per heavy atom. The van der Waals surface area contributed by atoms with Crippen LogP contribution in [0.2, 0.25) is 0 Å². The number of hydrogen-bond acceptors (Lipinski definition) is 3. The molecule has 0 radical (unpaired) electrons. The minimum absolute atomic E-state index is 0.133. The quantitative estimate of drug-likeness (QED) is 0.855. The lowest BCUT2D eigenvalue weighted by molar-refractivity contribution is 0.0391. The molecule has 1 aliphatic carbocycles. The van der Waals surface area contributed by atoms with Crippen LogP contribution in [0.25, 0.3) is 11.1 Å². The number of benzene rings is 2. The fourth-order valence-electron chi connectivity index (χ4n) is 3.54. The standard InChI is InChI=1S/C20H21F2NO3/c1-4-25-17-6-5-11(8-16(17)22)13-7-12-10-20(2,3)18(26-19(23)24)14(12)9-15(13)21/h5-9,18H,4,10H2,1-3H3,(H2,23,24). The number of halogens is 2. The average molecular weight is 361 g/mol. The van der Waals surface area contributed by atoms with Gasteiger partial charge in [-0.05, 0) is 54.3 Å². The van der Waals surface area contributed by atoms with E-state index in [1.54, 1.807) is 19.1 Å². The van der Waals surface area contributed by atoms with Gasteiger partial charge in [0.1, 0.15) is 11.9 Å². The van der Waals surface area contributed by atoms with Crippen LogP contribution >= 0.6 is 0 Å². The second kappa shape index (κ2) is 6.59. The van der Waals surface area contributed by atoms with Gasteiger partial charge < -0.3 is 15.2 Å². The van der Waals surface area contributed by atoms with Gasteiger partial charge in [0.05, 0.1) is 6.61 Å². The van der Waals surface area contributed by atoms with Gasteiger partial charge in [0.15, 0.2) is 11.6 Å². The van der Waals surface area contributed by atoms with Crippen LogP contribution in [-0.4, -0.2) is 12.7 Å². The molecule has 0 aromatic heterocycles. The lowest BCUT2D eigenvalue weighted by Crippen LogP contribution is -2.25. The third-order valence-corrected chi connectivity index (χ3v) is 4.64. The van der Waals surface area contributed by atoms with E-state index in [9.17, 15) is 13.6 Å². The van der Waals surface area contributed by atoms with Crippen LogP contribution in [0.3, 0.4) is 0 Å². The molecule has 1 unspecified atom stereocenters. The molecule has 2 aromatic rings. The number of rotatable bonds is 4. The normalized spacial score (nSPS) is 17.7. The van der Waals surface area contributed by atoms with Crippen molar-refractivity contribution in [1.29, 1.82) is 0 Å². The molecule has 0 saturated heterocycles. The summed E-state index contributed by atoms with van der Waals surface area (Å²) >= 11 is 0. The van der Waals surface area contributed by atoms with E-state index < -0.39 is 29.2 Å². The van der Waals surface area contributed by atoms with E-state index in [1.807, 2.05) is 13.8 Å². The highest BCUT2D eigenvalue weighted by Gasteiger charge is 2.42. The molecule has 0 bridgehead atoms. The first-order chi connectivity index (χ1) is 12.2. The first-order valence-electron chi connectivity index (χ1n) is 8.44. The van der Waals surface area contributed by atoms with E-state index in [2.05, 4.69) is 0 Å². The largest absolute Gasteiger partial charge is 0.491 e. The molecule has 1 atom stereocenters. The Morgan fingerprint density at radius 2 is 1.96 bits per heavy atom. The maximum absolute atomic E-state index is 14.7. The molecule has 6 heteroatoms. The number of fused-ring (bicyclic) bond motifs is 1. The van der Waals surface area contributed by atoms with E-state index >= 15 is 0 Å². The number of amides is 1. The number of primary amides is 1. The van der Waals surface area contributed by atoms with Gasteiger partial charge in [-0.2, -0.15) is 0 Å². The molecule has 1 aliphatic rings. The lowest BCUT2D eigenvalue weighted by Gasteiger charge is -2.26. The van der Waals surface area contributed by atoms with E-state index in [1.165, 1.54) is 18.2 Å². The minimum Gasteiger partial charge on any atom is -0.491 e. The highest BCUT2D eigenvalue weighted by molar-refractivity contribution is 5.69. The van der Waals surface area contributed by atoms with Crippen molar-refractivity contribution in [2.24, 2.45) is 11.1 Å². The summed E-state index contributed by atoms with van der Waals surface area (Å²) in [6.45, 7) is 5.96. The summed E-state index contributed by atoms with van der Waals surface area (Å²) in [5.41, 5.74) is 6.91. The molecular weight excluding hydrogens is 340 g/mol. The Kier molecular flexibility index (Phi) is 4.61. The molecule has 0 aliphatic heterocycles. The molecule has 2 N–H and O–H groups in total. The molecule has 0 saturated carbocycles. The maximum Gasteiger partial charge on any atom is 0.405 e. The molecule has 0 spiro atoms. The summed E-state index contributed by atoms with van der Waals surface area (Å²) in [5, 5.41) is 0. The number of ether oxygens (including phenoxy) is 2. The van der Waals surface area contributed by atoms with Crippen molar-refractivity contribution in [3.63, 3.8) is 0 Å². The number of hydrogen-bond donors (Lipinski definition) is 1. The predicted octanol–water partition coefficient (Wildman–Crippen LogP) is 4.75. The van der Waals surface area contributed by atoms with E-state index in [4.69, 9.17) is 15.2 Å². The molecule has 3 rings (SSSR count). The molecule has 0 heterocycles. The first-order valence-corrected chi connectivity index (χ1v) is 8.44. The van der Waals surface area contributed by atoms with Crippen LogP contribution in [-0.2, 0) is 11.2 Å². The zero-order chi connectivity index (χ0) is 19.1. The van der Waals surface area contributed by atoms with E-state index in [0.29, 0.717) is 29.7 Å². The Bertz CT molecular complexity index is 864. The van der Waals surface area contributed by atoms with Gasteiger partial charge in [0, 0.05) is 11.0 Å². The molecular formula is C20H21F2NO3. The van der Waals surface area contributed by atoms with Gasteiger partial charge >= 0.3 is 6.09 Å². The minimum atomic E-state index is -0.894. The maximum atomic E-state index is 14.7. The molecule has 1 amide bonds. The van der Waals surface area contributed by atoms with Crippen molar-refractivity contribution in [3.05, 3.63) is 53.1 Å². The summed E-state index contributed by atoms with van der Waals surface area (Å²) in [7, 11) is 0. The number of carbonyl (C=O) groups excluding carboxylic acids is 1. The first kappa shape index (κ1) is 18.2. The van der Waals surface area contributed by atoms with Gasteiger partial charge in [-0.1, -0.05) is 19.9 Å². The Balaban J connectivity index is 2.03. The number of carbonyl (C=O) groups is 1. The van der Waals surface area contributed by atoms with Gasteiger partial charge in [0.2, 0.25) is 0 Å².